The minimum atomic E-state index is -0.816. The SMILES string of the molecule is CCc1ccc(NC(=O)C2CC(=O)NC3NC(Nc4ccc(F)cc4)NC(=O)C32)cc1. The number of rotatable bonds is 5. The number of hydrogen-bond donors (Lipinski definition) is 5. The highest BCUT2D eigenvalue weighted by Crippen LogP contribution is 2.28. The summed E-state index contributed by atoms with van der Waals surface area (Å²) in [5, 5.41) is 14.4. The summed E-state index contributed by atoms with van der Waals surface area (Å²) in [6.45, 7) is 2.04. The second kappa shape index (κ2) is 8.73. The van der Waals surface area contributed by atoms with Crippen molar-refractivity contribution in [2.75, 3.05) is 10.6 Å². The average molecular weight is 425 g/mol. The smallest absolute Gasteiger partial charge is 0.229 e. The van der Waals surface area contributed by atoms with Gasteiger partial charge in [0, 0.05) is 17.8 Å². The fraction of sp³-hybridized carbons (Fsp3) is 0.318. The van der Waals surface area contributed by atoms with Crippen molar-refractivity contribution >= 4 is 29.1 Å². The lowest BCUT2D eigenvalue weighted by Crippen LogP contribution is -2.72. The van der Waals surface area contributed by atoms with E-state index >= 15 is 0 Å². The molecule has 0 saturated carbocycles. The molecule has 8 nitrogen and oxygen atoms in total. The molecule has 0 bridgehead atoms. The van der Waals surface area contributed by atoms with Gasteiger partial charge in [-0.25, -0.2) is 4.39 Å². The highest BCUT2D eigenvalue weighted by atomic mass is 19.1. The maximum atomic E-state index is 13.1. The zero-order valence-corrected chi connectivity index (χ0v) is 16.9. The largest absolute Gasteiger partial charge is 0.353 e. The van der Waals surface area contributed by atoms with Gasteiger partial charge in [-0.15, -0.1) is 0 Å². The van der Waals surface area contributed by atoms with E-state index in [0.717, 1.165) is 12.0 Å². The Labute approximate surface area is 179 Å². The van der Waals surface area contributed by atoms with Gasteiger partial charge in [0.05, 0.1) is 18.0 Å². The van der Waals surface area contributed by atoms with Gasteiger partial charge >= 0.3 is 0 Å². The van der Waals surface area contributed by atoms with Gasteiger partial charge in [0.2, 0.25) is 17.7 Å². The Kier molecular flexibility index (Phi) is 5.85. The maximum absolute atomic E-state index is 13.1. The molecule has 0 radical (unpaired) electrons. The van der Waals surface area contributed by atoms with E-state index < -0.39 is 24.3 Å². The van der Waals surface area contributed by atoms with E-state index in [1.165, 1.54) is 24.3 Å². The summed E-state index contributed by atoms with van der Waals surface area (Å²) < 4.78 is 13.1. The van der Waals surface area contributed by atoms with E-state index in [2.05, 4.69) is 26.6 Å². The molecule has 4 unspecified atom stereocenters. The van der Waals surface area contributed by atoms with Crippen LogP contribution in [0.25, 0.3) is 0 Å². The van der Waals surface area contributed by atoms with Crippen LogP contribution in [0.15, 0.2) is 48.5 Å². The van der Waals surface area contributed by atoms with Crippen molar-refractivity contribution in [3.05, 3.63) is 59.9 Å². The number of nitrogens with one attached hydrogen (secondary N) is 5. The minimum absolute atomic E-state index is 0.0782. The second-order valence-electron chi connectivity index (χ2n) is 7.68. The molecule has 4 rings (SSSR count). The van der Waals surface area contributed by atoms with Gasteiger partial charge in [0.1, 0.15) is 5.82 Å². The van der Waals surface area contributed by atoms with Gasteiger partial charge < -0.3 is 21.3 Å². The van der Waals surface area contributed by atoms with Gasteiger partial charge in [0.15, 0.2) is 6.29 Å². The van der Waals surface area contributed by atoms with Gasteiger partial charge in [-0.05, 0) is 48.4 Å². The van der Waals surface area contributed by atoms with Gasteiger partial charge in [0.25, 0.3) is 0 Å². The molecule has 2 fully saturated rings. The van der Waals surface area contributed by atoms with Gasteiger partial charge in [-0.2, -0.15) is 0 Å². The van der Waals surface area contributed by atoms with E-state index in [-0.39, 0.29) is 30.0 Å². The highest BCUT2D eigenvalue weighted by Gasteiger charge is 2.48. The molecule has 0 aromatic heterocycles. The van der Waals surface area contributed by atoms with Gasteiger partial charge in [-0.3, -0.25) is 19.7 Å². The fourth-order valence-electron chi connectivity index (χ4n) is 3.93. The topological polar surface area (TPSA) is 111 Å². The van der Waals surface area contributed by atoms with Crippen LogP contribution in [-0.4, -0.2) is 30.2 Å². The Morgan fingerprint density at radius 1 is 1.03 bits per heavy atom. The standard InChI is InChI=1S/C22H24FN5O3/c1-2-12-3-7-14(8-4-12)24-20(30)16-11-17(29)26-19-18(16)21(31)28-22(27-19)25-15-9-5-13(23)6-10-15/h3-10,16,18-19,22,25,27H,2,11H2,1H3,(H,24,30)(H,26,29)(H,28,31). The highest BCUT2D eigenvalue weighted by molar-refractivity contribution is 6.00. The van der Waals surface area contributed by atoms with Crippen molar-refractivity contribution in [1.29, 1.82) is 0 Å². The number of benzene rings is 2. The summed E-state index contributed by atoms with van der Waals surface area (Å²) in [6.07, 6.45) is -0.598. The van der Waals surface area contributed by atoms with Crippen molar-refractivity contribution in [1.82, 2.24) is 16.0 Å². The number of anilines is 2. The molecule has 2 aliphatic rings. The molecule has 162 valence electrons. The zero-order chi connectivity index (χ0) is 22.0. The molecule has 2 aromatic carbocycles. The molecular formula is C22H24FN5O3. The third kappa shape index (κ3) is 4.66. The summed E-state index contributed by atoms with van der Waals surface area (Å²) >= 11 is 0. The number of aryl methyl sites for hydroxylation is 1. The fourth-order valence-corrected chi connectivity index (χ4v) is 3.93. The Balaban J connectivity index is 1.46. The number of fused-ring (bicyclic) bond motifs is 1. The molecule has 0 aliphatic carbocycles. The van der Waals surface area contributed by atoms with E-state index in [1.807, 2.05) is 19.1 Å². The molecule has 4 atom stereocenters. The van der Waals surface area contributed by atoms with Crippen molar-refractivity contribution < 1.29 is 18.8 Å². The van der Waals surface area contributed by atoms with Crippen molar-refractivity contribution in [3.8, 4) is 0 Å². The zero-order valence-electron chi connectivity index (χ0n) is 16.9. The van der Waals surface area contributed by atoms with Crippen LogP contribution in [-0.2, 0) is 20.8 Å². The Hall–Kier alpha value is -3.46. The lowest BCUT2D eigenvalue weighted by atomic mass is 9.81. The molecule has 2 aromatic rings. The van der Waals surface area contributed by atoms with Crippen LogP contribution in [0.5, 0.6) is 0 Å². The number of piperidine rings is 1. The summed E-state index contributed by atoms with van der Waals surface area (Å²) in [4.78, 5) is 38.0. The van der Waals surface area contributed by atoms with Crippen LogP contribution < -0.4 is 26.6 Å². The molecular weight excluding hydrogens is 401 g/mol. The molecule has 2 saturated heterocycles. The predicted molar refractivity (Wildman–Crippen MR) is 113 cm³/mol. The van der Waals surface area contributed by atoms with E-state index in [1.54, 1.807) is 12.1 Å². The molecule has 5 N–H and O–H groups in total. The lowest BCUT2D eigenvalue weighted by Gasteiger charge is -2.43. The van der Waals surface area contributed by atoms with Crippen LogP contribution in [0, 0.1) is 17.7 Å². The van der Waals surface area contributed by atoms with Crippen molar-refractivity contribution in [2.24, 2.45) is 11.8 Å². The average Bonchev–Trinajstić information content (AvgIpc) is 2.75. The van der Waals surface area contributed by atoms with Crippen LogP contribution in [0.1, 0.15) is 18.9 Å². The summed E-state index contributed by atoms with van der Waals surface area (Å²) in [6, 6.07) is 13.1. The molecule has 3 amide bonds. The maximum Gasteiger partial charge on any atom is 0.229 e. The van der Waals surface area contributed by atoms with Crippen molar-refractivity contribution in [2.45, 2.75) is 32.2 Å². The normalized spacial score (nSPS) is 25.1. The molecule has 2 heterocycles. The number of halogens is 1. The quantitative estimate of drug-likeness (QED) is 0.499. The number of amides is 3. The summed E-state index contributed by atoms with van der Waals surface area (Å²) in [5.74, 6) is -3.00. The van der Waals surface area contributed by atoms with Crippen LogP contribution in [0.2, 0.25) is 0 Å². The minimum Gasteiger partial charge on any atom is -0.353 e. The van der Waals surface area contributed by atoms with E-state index in [4.69, 9.17) is 0 Å². The first-order valence-corrected chi connectivity index (χ1v) is 10.2. The predicted octanol–water partition coefficient (Wildman–Crippen LogP) is 1.52. The van der Waals surface area contributed by atoms with Crippen LogP contribution in [0.4, 0.5) is 15.8 Å². The molecule has 0 spiro atoms. The third-order valence-corrected chi connectivity index (χ3v) is 5.57. The Bertz CT molecular complexity index is 980. The number of carbonyl (C=O) groups excluding carboxylic acids is 3. The molecule has 31 heavy (non-hydrogen) atoms. The number of hydrogen-bond acceptors (Lipinski definition) is 5. The van der Waals surface area contributed by atoms with Gasteiger partial charge in [-0.1, -0.05) is 19.1 Å². The Morgan fingerprint density at radius 2 is 1.71 bits per heavy atom. The summed E-state index contributed by atoms with van der Waals surface area (Å²) in [7, 11) is 0. The monoisotopic (exact) mass is 425 g/mol. The first-order chi connectivity index (χ1) is 14.9. The first-order valence-electron chi connectivity index (χ1n) is 10.2. The van der Waals surface area contributed by atoms with E-state index in [9.17, 15) is 18.8 Å². The molecule has 9 heteroatoms. The van der Waals surface area contributed by atoms with Crippen molar-refractivity contribution in [3.63, 3.8) is 0 Å². The Morgan fingerprint density at radius 3 is 2.39 bits per heavy atom. The third-order valence-electron chi connectivity index (χ3n) is 5.57. The second-order valence-corrected chi connectivity index (χ2v) is 7.68. The van der Waals surface area contributed by atoms with Crippen LogP contribution >= 0.6 is 0 Å². The lowest BCUT2D eigenvalue weighted by molar-refractivity contribution is -0.144. The van der Waals surface area contributed by atoms with E-state index in [0.29, 0.717) is 11.4 Å². The summed E-state index contributed by atoms with van der Waals surface area (Å²) in [5.41, 5.74) is 2.35. The first kappa shape index (κ1) is 20.8. The van der Waals surface area contributed by atoms with Crippen LogP contribution in [0.3, 0.4) is 0 Å². The molecule has 2 aliphatic heterocycles. The number of carbonyl (C=O) groups is 3.